The van der Waals surface area contributed by atoms with Gasteiger partial charge in [-0.15, -0.1) is 0 Å². The molecular formula is C11H12O3. The zero-order chi connectivity index (χ0) is 10.2. The van der Waals surface area contributed by atoms with Crippen LogP contribution >= 0.6 is 0 Å². The van der Waals surface area contributed by atoms with Crippen molar-refractivity contribution in [2.45, 2.75) is 12.8 Å². The van der Waals surface area contributed by atoms with Gasteiger partial charge in [0.15, 0.2) is 5.78 Å². The number of hydrogen-bond donors (Lipinski definition) is 0. The number of ketones is 1. The molecule has 0 aromatic rings. The maximum atomic E-state index is 11.7. The first-order valence-electron chi connectivity index (χ1n) is 4.67. The summed E-state index contributed by atoms with van der Waals surface area (Å²) < 4.78 is 4.77. The number of methoxy groups -OCH3 is 1. The number of esters is 1. The van der Waals surface area contributed by atoms with Crippen molar-refractivity contribution in [2.24, 2.45) is 11.3 Å². The summed E-state index contributed by atoms with van der Waals surface area (Å²) in [6.45, 7) is 0. The van der Waals surface area contributed by atoms with Crippen LogP contribution in [0, 0.1) is 11.3 Å². The molecular weight excluding hydrogens is 180 g/mol. The van der Waals surface area contributed by atoms with Gasteiger partial charge in [0.1, 0.15) is 5.41 Å². The van der Waals surface area contributed by atoms with Crippen LogP contribution in [0.25, 0.3) is 0 Å². The van der Waals surface area contributed by atoms with Gasteiger partial charge >= 0.3 is 5.97 Å². The fourth-order valence-corrected chi connectivity index (χ4v) is 2.25. The van der Waals surface area contributed by atoms with Crippen LogP contribution in [0.15, 0.2) is 24.3 Å². The Labute approximate surface area is 82.4 Å². The Balaban J connectivity index is 2.40. The normalized spacial score (nSPS) is 34.4. The number of rotatable bonds is 1. The molecule has 2 aliphatic carbocycles. The van der Waals surface area contributed by atoms with Crippen LogP contribution in [0.1, 0.15) is 12.8 Å². The molecule has 0 N–H and O–H groups in total. The standard InChI is InChI=1S/C11H12O3/c1-14-10(13)11-6-3-2-4-8(11)9(12)5-7-11/h2-3,5,7-8H,4,6H2,1H3/t8-,11-/m1/s1. The lowest BCUT2D eigenvalue weighted by Crippen LogP contribution is -2.38. The van der Waals surface area contributed by atoms with Gasteiger partial charge in [-0.05, 0) is 18.9 Å². The zero-order valence-corrected chi connectivity index (χ0v) is 8.03. The van der Waals surface area contributed by atoms with Crippen LogP contribution in [-0.2, 0) is 14.3 Å². The van der Waals surface area contributed by atoms with Gasteiger partial charge in [-0.3, -0.25) is 9.59 Å². The number of allylic oxidation sites excluding steroid dienone is 3. The van der Waals surface area contributed by atoms with E-state index in [4.69, 9.17) is 4.74 Å². The average molecular weight is 192 g/mol. The van der Waals surface area contributed by atoms with Gasteiger partial charge in [0, 0.05) is 5.92 Å². The largest absolute Gasteiger partial charge is 0.468 e. The van der Waals surface area contributed by atoms with Crippen LogP contribution in [0.4, 0.5) is 0 Å². The highest BCUT2D eigenvalue weighted by atomic mass is 16.5. The molecule has 0 aliphatic heterocycles. The third-order valence-corrected chi connectivity index (χ3v) is 3.07. The molecule has 2 atom stereocenters. The summed E-state index contributed by atoms with van der Waals surface area (Å²) in [7, 11) is 1.36. The van der Waals surface area contributed by atoms with Crippen molar-refractivity contribution in [2.75, 3.05) is 7.11 Å². The van der Waals surface area contributed by atoms with Crippen molar-refractivity contribution < 1.29 is 14.3 Å². The molecule has 0 heterocycles. The van der Waals surface area contributed by atoms with E-state index in [1.165, 1.54) is 13.2 Å². The van der Waals surface area contributed by atoms with E-state index in [9.17, 15) is 9.59 Å². The van der Waals surface area contributed by atoms with Crippen LogP contribution in [-0.4, -0.2) is 18.9 Å². The number of carbonyl (C=O) groups excluding carboxylic acids is 2. The summed E-state index contributed by atoms with van der Waals surface area (Å²) in [6, 6.07) is 0. The van der Waals surface area contributed by atoms with Crippen LogP contribution in [0.2, 0.25) is 0 Å². The molecule has 0 saturated heterocycles. The van der Waals surface area contributed by atoms with Gasteiger partial charge in [0.25, 0.3) is 0 Å². The molecule has 0 aromatic carbocycles. The van der Waals surface area contributed by atoms with E-state index in [2.05, 4.69) is 0 Å². The van der Waals surface area contributed by atoms with E-state index in [1.807, 2.05) is 12.2 Å². The fraction of sp³-hybridized carbons (Fsp3) is 0.455. The minimum atomic E-state index is -0.708. The number of hydrogen-bond acceptors (Lipinski definition) is 3. The lowest BCUT2D eigenvalue weighted by atomic mass is 9.71. The fourth-order valence-electron chi connectivity index (χ4n) is 2.25. The lowest BCUT2D eigenvalue weighted by Gasteiger charge is -2.31. The molecule has 2 aliphatic rings. The second-order valence-corrected chi connectivity index (χ2v) is 3.73. The molecule has 0 radical (unpaired) electrons. The first-order valence-corrected chi connectivity index (χ1v) is 4.67. The van der Waals surface area contributed by atoms with Crippen LogP contribution in [0.3, 0.4) is 0 Å². The molecule has 0 aromatic heterocycles. The highest BCUT2D eigenvalue weighted by Gasteiger charge is 2.50. The molecule has 0 spiro atoms. The Hall–Kier alpha value is -1.38. The van der Waals surface area contributed by atoms with Crippen molar-refractivity contribution >= 4 is 11.8 Å². The summed E-state index contributed by atoms with van der Waals surface area (Å²) in [4.78, 5) is 23.2. The van der Waals surface area contributed by atoms with Crippen molar-refractivity contribution in [3.05, 3.63) is 24.3 Å². The maximum absolute atomic E-state index is 11.7. The second kappa shape index (κ2) is 3.08. The topological polar surface area (TPSA) is 43.4 Å². The van der Waals surface area contributed by atoms with E-state index >= 15 is 0 Å². The van der Waals surface area contributed by atoms with Gasteiger partial charge in [-0.2, -0.15) is 0 Å². The maximum Gasteiger partial charge on any atom is 0.316 e. The molecule has 0 fully saturated rings. The van der Waals surface area contributed by atoms with Gasteiger partial charge < -0.3 is 4.74 Å². The minimum absolute atomic E-state index is 0.0414. The summed E-state index contributed by atoms with van der Waals surface area (Å²) >= 11 is 0. The van der Waals surface area contributed by atoms with Crippen molar-refractivity contribution in [1.82, 2.24) is 0 Å². The Kier molecular flexibility index (Phi) is 2.02. The number of carbonyl (C=O) groups is 2. The second-order valence-electron chi connectivity index (χ2n) is 3.73. The molecule has 0 saturated carbocycles. The SMILES string of the molecule is COC(=O)[C@]12C=CC(=O)[C@H]1CC=CC2. The van der Waals surface area contributed by atoms with Crippen LogP contribution < -0.4 is 0 Å². The quantitative estimate of drug-likeness (QED) is 0.464. The Morgan fingerprint density at radius 1 is 1.57 bits per heavy atom. The number of fused-ring (bicyclic) bond motifs is 1. The molecule has 2 rings (SSSR count). The van der Waals surface area contributed by atoms with E-state index < -0.39 is 5.41 Å². The summed E-state index contributed by atoms with van der Waals surface area (Å²) in [5.41, 5.74) is -0.708. The van der Waals surface area contributed by atoms with E-state index in [1.54, 1.807) is 6.08 Å². The third-order valence-electron chi connectivity index (χ3n) is 3.07. The summed E-state index contributed by atoms with van der Waals surface area (Å²) in [5.74, 6) is -0.492. The van der Waals surface area contributed by atoms with E-state index in [0.717, 1.165) is 0 Å². The smallest absolute Gasteiger partial charge is 0.316 e. The highest BCUT2D eigenvalue weighted by molar-refractivity contribution is 6.01. The first-order chi connectivity index (χ1) is 6.70. The van der Waals surface area contributed by atoms with Crippen molar-refractivity contribution in [3.63, 3.8) is 0 Å². The van der Waals surface area contributed by atoms with Gasteiger partial charge in [0.2, 0.25) is 0 Å². The Morgan fingerprint density at radius 2 is 2.36 bits per heavy atom. The molecule has 0 unspecified atom stereocenters. The first kappa shape index (κ1) is 9.19. The van der Waals surface area contributed by atoms with Gasteiger partial charge in [0.05, 0.1) is 7.11 Å². The Morgan fingerprint density at radius 3 is 3.07 bits per heavy atom. The molecule has 0 amide bonds. The van der Waals surface area contributed by atoms with E-state index in [-0.39, 0.29) is 17.7 Å². The molecule has 14 heavy (non-hydrogen) atoms. The monoisotopic (exact) mass is 192 g/mol. The molecule has 3 nitrogen and oxygen atoms in total. The highest BCUT2D eigenvalue weighted by Crippen LogP contribution is 2.45. The third kappa shape index (κ3) is 1.05. The predicted octanol–water partition coefficient (Wildman–Crippen LogP) is 1.25. The molecule has 3 heteroatoms. The van der Waals surface area contributed by atoms with Gasteiger partial charge in [-0.25, -0.2) is 0 Å². The summed E-state index contributed by atoms with van der Waals surface area (Å²) in [6.07, 6.45) is 8.32. The zero-order valence-electron chi connectivity index (χ0n) is 8.03. The van der Waals surface area contributed by atoms with E-state index in [0.29, 0.717) is 12.8 Å². The lowest BCUT2D eigenvalue weighted by molar-refractivity contribution is -0.154. The van der Waals surface area contributed by atoms with Crippen molar-refractivity contribution in [1.29, 1.82) is 0 Å². The molecule has 74 valence electrons. The summed E-state index contributed by atoms with van der Waals surface area (Å²) in [5, 5.41) is 0. The average Bonchev–Trinajstić information content (AvgIpc) is 2.57. The van der Waals surface area contributed by atoms with Gasteiger partial charge in [-0.1, -0.05) is 18.2 Å². The molecule has 0 bridgehead atoms. The van der Waals surface area contributed by atoms with Crippen LogP contribution in [0.5, 0.6) is 0 Å². The number of ether oxygens (including phenoxy) is 1. The van der Waals surface area contributed by atoms with Crippen molar-refractivity contribution in [3.8, 4) is 0 Å². The minimum Gasteiger partial charge on any atom is -0.468 e. The Bertz CT molecular complexity index is 340. The predicted molar refractivity (Wildman–Crippen MR) is 50.5 cm³/mol.